The first-order chi connectivity index (χ1) is 7.75. The zero-order chi connectivity index (χ0) is 13.2. The third kappa shape index (κ3) is 3.11. The van der Waals surface area contributed by atoms with Gasteiger partial charge in [-0.05, 0) is 19.9 Å². The molecule has 0 saturated carbocycles. The van der Waals surface area contributed by atoms with E-state index in [1.165, 1.54) is 11.6 Å². The van der Waals surface area contributed by atoms with Crippen molar-refractivity contribution in [3.8, 4) is 0 Å². The first-order valence-corrected chi connectivity index (χ1v) is 4.85. The largest absolute Gasteiger partial charge is 0.435 e. The Hall–Kier alpha value is -1.73. The molecule has 1 atom stereocenters. The average molecular weight is 250 g/mol. The molecule has 1 aromatic rings. The summed E-state index contributed by atoms with van der Waals surface area (Å²) >= 11 is 0. The molecule has 96 valence electrons. The summed E-state index contributed by atoms with van der Waals surface area (Å²) in [6, 6.07) is 0.546. The van der Waals surface area contributed by atoms with E-state index in [9.17, 15) is 13.2 Å². The lowest BCUT2D eigenvalue weighted by atomic mass is 10.2. The third-order valence-corrected chi connectivity index (χ3v) is 2.26. The maximum absolute atomic E-state index is 12.4. The first-order valence-electron chi connectivity index (χ1n) is 4.85. The highest BCUT2D eigenvalue weighted by molar-refractivity contribution is 5.79. The molecule has 3 N–H and O–H groups in total. The van der Waals surface area contributed by atoms with Gasteiger partial charge in [0.15, 0.2) is 5.69 Å². The molecule has 0 aliphatic heterocycles. The number of nitrogens with zero attached hydrogens (tertiary/aromatic N) is 3. The van der Waals surface area contributed by atoms with Gasteiger partial charge in [0, 0.05) is 12.1 Å². The molecule has 1 aromatic heterocycles. The number of rotatable bonds is 3. The summed E-state index contributed by atoms with van der Waals surface area (Å²) in [6.45, 7) is 3.16. The Morgan fingerprint density at radius 1 is 1.65 bits per heavy atom. The molecule has 1 rings (SSSR count). The van der Waals surface area contributed by atoms with E-state index in [2.05, 4.69) is 10.3 Å². The summed E-state index contributed by atoms with van der Waals surface area (Å²) in [5.41, 5.74) is 4.72. The van der Waals surface area contributed by atoms with Crippen LogP contribution in [0.2, 0.25) is 0 Å². The number of hydrogen-bond donors (Lipinski definition) is 2. The van der Waals surface area contributed by atoms with Crippen molar-refractivity contribution in [2.24, 2.45) is 10.9 Å². The van der Waals surface area contributed by atoms with E-state index in [1.54, 1.807) is 6.92 Å². The van der Waals surface area contributed by atoms with Crippen LogP contribution >= 0.6 is 0 Å². The van der Waals surface area contributed by atoms with Crippen LogP contribution in [0.15, 0.2) is 11.2 Å². The number of nitrogens with two attached hydrogens (primary N) is 1. The second kappa shape index (κ2) is 4.64. The van der Waals surface area contributed by atoms with Crippen LogP contribution in [0.1, 0.15) is 30.8 Å². The van der Waals surface area contributed by atoms with E-state index in [0.29, 0.717) is 5.69 Å². The Morgan fingerprint density at radius 3 is 2.65 bits per heavy atom. The van der Waals surface area contributed by atoms with Gasteiger partial charge in [-0.1, -0.05) is 5.16 Å². The van der Waals surface area contributed by atoms with Crippen molar-refractivity contribution in [1.29, 1.82) is 0 Å². The van der Waals surface area contributed by atoms with Gasteiger partial charge in [-0.2, -0.15) is 18.3 Å². The Morgan fingerprint density at radius 2 is 2.24 bits per heavy atom. The average Bonchev–Trinajstić information content (AvgIpc) is 2.59. The molecule has 0 aliphatic rings. The Kier molecular flexibility index (Phi) is 3.64. The molecule has 0 aliphatic carbocycles. The summed E-state index contributed by atoms with van der Waals surface area (Å²) in [5, 5.41) is 14.6. The summed E-state index contributed by atoms with van der Waals surface area (Å²) in [7, 11) is 0. The third-order valence-electron chi connectivity index (χ3n) is 2.26. The second-order valence-electron chi connectivity index (χ2n) is 3.76. The normalized spacial score (nSPS) is 15.0. The number of oxime groups is 1. The minimum Gasteiger partial charge on any atom is -0.409 e. The van der Waals surface area contributed by atoms with Gasteiger partial charge >= 0.3 is 6.18 Å². The van der Waals surface area contributed by atoms with Gasteiger partial charge in [0.05, 0.1) is 6.04 Å². The van der Waals surface area contributed by atoms with Crippen LogP contribution in [0.4, 0.5) is 13.2 Å². The molecule has 0 fully saturated rings. The molecule has 0 aromatic carbocycles. The molecular formula is C9H13F3N4O. The molecule has 0 unspecified atom stereocenters. The Balaban J connectivity index is 2.95. The van der Waals surface area contributed by atoms with Crippen LogP contribution in [0, 0.1) is 6.92 Å². The first kappa shape index (κ1) is 13.3. The topological polar surface area (TPSA) is 76.4 Å². The van der Waals surface area contributed by atoms with Crippen LogP contribution < -0.4 is 5.73 Å². The summed E-state index contributed by atoms with van der Waals surface area (Å²) in [4.78, 5) is 0. The fourth-order valence-corrected chi connectivity index (χ4v) is 1.50. The molecule has 0 saturated heterocycles. The molecule has 0 bridgehead atoms. The second-order valence-corrected chi connectivity index (χ2v) is 3.76. The van der Waals surface area contributed by atoms with Crippen LogP contribution in [-0.4, -0.2) is 20.8 Å². The number of amidine groups is 1. The van der Waals surface area contributed by atoms with Gasteiger partial charge < -0.3 is 10.9 Å². The molecule has 17 heavy (non-hydrogen) atoms. The Labute approximate surface area is 95.7 Å². The van der Waals surface area contributed by atoms with Crippen molar-refractivity contribution in [2.45, 2.75) is 32.5 Å². The van der Waals surface area contributed by atoms with E-state index < -0.39 is 17.9 Å². The molecule has 0 amide bonds. The van der Waals surface area contributed by atoms with E-state index in [0.717, 1.165) is 6.07 Å². The maximum Gasteiger partial charge on any atom is 0.435 e. The monoisotopic (exact) mass is 250 g/mol. The maximum atomic E-state index is 12.4. The van der Waals surface area contributed by atoms with Crippen LogP contribution in [-0.2, 0) is 6.18 Å². The molecule has 8 heteroatoms. The lowest BCUT2D eigenvalue weighted by Crippen LogP contribution is -2.20. The fraction of sp³-hybridized carbons (Fsp3) is 0.556. The lowest BCUT2D eigenvalue weighted by molar-refractivity contribution is -0.141. The van der Waals surface area contributed by atoms with Crippen molar-refractivity contribution >= 4 is 5.84 Å². The Bertz CT molecular complexity index is 424. The molecule has 0 radical (unpaired) electrons. The van der Waals surface area contributed by atoms with E-state index in [4.69, 9.17) is 10.9 Å². The zero-order valence-corrected chi connectivity index (χ0v) is 9.36. The molecular weight excluding hydrogens is 237 g/mol. The summed E-state index contributed by atoms with van der Waals surface area (Å²) < 4.78 is 38.4. The predicted molar refractivity (Wildman–Crippen MR) is 54.7 cm³/mol. The minimum atomic E-state index is -4.47. The van der Waals surface area contributed by atoms with Crippen LogP contribution in [0.3, 0.4) is 0 Å². The highest BCUT2D eigenvalue weighted by Gasteiger charge is 2.34. The fourth-order valence-electron chi connectivity index (χ4n) is 1.50. The smallest absolute Gasteiger partial charge is 0.409 e. The minimum absolute atomic E-state index is 0.0547. The van der Waals surface area contributed by atoms with E-state index in [1.807, 2.05) is 0 Å². The van der Waals surface area contributed by atoms with Gasteiger partial charge in [-0.15, -0.1) is 0 Å². The van der Waals surface area contributed by atoms with Gasteiger partial charge in [0.1, 0.15) is 5.84 Å². The van der Waals surface area contributed by atoms with Crippen molar-refractivity contribution in [3.63, 3.8) is 0 Å². The van der Waals surface area contributed by atoms with Gasteiger partial charge in [-0.3, -0.25) is 4.68 Å². The van der Waals surface area contributed by atoms with Crippen LogP contribution in [0.5, 0.6) is 0 Å². The lowest BCUT2D eigenvalue weighted by Gasteiger charge is -2.13. The standard InChI is InChI=1S/C9H13F3N4O/c1-5-3-7(9(10,11)12)14-16(5)6(2)4-8(13)15-17/h3,6,17H,4H2,1-2H3,(H2,13,15)/t6-/m1/s1. The number of aryl methyl sites for hydroxylation is 1. The quantitative estimate of drug-likeness (QED) is 0.372. The van der Waals surface area contributed by atoms with Crippen LogP contribution in [0.25, 0.3) is 0 Å². The number of hydrogen-bond acceptors (Lipinski definition) is 3. The highest BCUT2D eigenvalue weighted by atomic mass is 19.4. The van der Waals surface area contributed by atoms with Crippen molar-refractivity contribution in [1.82, 2.24) is 9.78 Å². The van der Waals surface area contributed by atoms with Crippen molar-refractivity contribution < 1.29 is 18.4 Å². The van der Waals surface area contributed by atoms with Crippen molar-refractivity contribution in [2.75, 3.05) is 0 Å². The predicted octanol–water partition coefficient (Wildman–Crippen LogP) is 1.91. The van der Waals surface area contributed by atoms with E-state index in [-0.39, 0.29) is 12.3 Å². The zero-order valence-electron chi connectivity index (χ0n) is 9.36. The van der Waals surface area contributed by atoms with Gasteiger partial charge in [0.2, 0.25) is 0 Å². The molecule has 1 heterocycles. The van der Waals surface area contributed by atoms with E-state index >= 15 is 0 Å². The number of halogens is 3. The molecule has 5 nitrogen and oxygen atoms in total. The summed E-state index contributed by atoms with van der Waals surface area (Å²) in [5.74, 6) is -0.0547. The number of aromatic nitrogens is 2. The van der Waals surface area contributed by atoms with Gasteiger partial charge in [0.25, 0.3) is 0 Å². The van der Waals surface area contributed by atoms with Gasteiger partial charge in [-0.25, -0.2) is 0 Å². The highest BCUT2D eigenvalue weighted by Crippen LogP contribution is 2.29. The van der Waals surface area contributed by atoms with Crippen molar-refractivity contribution in [3.05, 3.63) is 17.5 Å². The SMILES string of the molecule is Cc1cc(C(F)(F)F)nn1[C@H](C)C/C(N)=N\O. The number of alkyl halides is 3. The molecule has 0 spiro atoms. The summed E-state index contributed by atoms with van der Waals surface area (Å²) in [6.07, 6.45) is -4.34.